The molecule has 4 N–H and O–H groups in total. The van der Waals surface area contributed by atoms with Gasteiger partial charge in [0.15, 0.2) is 0 Å². The minimum absolute atomic E-state index is 0.0835. The summed E-state index contributed by atoms with van der Waals surface area (Å²) in [6, 6.07) is 10.2. The molecule has 2 aromatic rings. The summed E-state index contributed by atoms with van der Waals surface area (Å²) in [5, 5.41) is 19.7. The third-order valence-electron chi connectivity index (χ3n) is 6.65. The Kier molecular flexibility index (Phi) is 7.85. The summed E-state index contributed by atoms with van der Waals surface area (Å²) in [5.41, 5.74) is -0.309. The monoisotopic (exact) mass is 515 g/mol. The van der Waals surface area contributed by atoms with E-state index in [1.54, 1.807) is 12.3 Å². The maximum Gasteiger partial charge on any atom is 0.324 e. The molecule has 11 nitrogen and oxygen atoms in total. The van der Waals surface area contributed by atoms with E-state index in [2.05, 4.69) is 25.5 Å². The second-order valence-electron chi connectivity index (χ2n) is 9.09. The van der Waals surface area contributed by atoms with E-state index < -0.39 is 33.7 Å². The molecule has 1 unspecified atom stereocenters. The van der Waals surface area contributed by atoms with E-state index in [1.165, 1.54) is 24.3 Å². The smallest absolute Gasteiger partial charge is 0.324 e. The summed E-state index contributed by atoms with van der Waals surface area (Å²) in [6.07, 6.45) is 5.53. The molecule has 1 spiro atoms. The number of nitrogens with one attached hydrogen (secondary N) is 3. The van der Waals surface area contributed by atoms with Gasteiger partial charge in [0.1, 0.15) is 17.5 Å². The molecule has 0 bridgehead atoms. The molecule has 1 aliphatic carbocycles. The number of sulfonamides is 1. The molecule has 1 saturated carbocycles. The molecule has 12 heteroatoms. The number of aromatic nitrogens is 1. The first kappa shape index (κ1) is 25.6. The Hall–Kier alpha value is -3.51. The van der Waals surface area contributed by atoms with Crippen LogP contribution in [0, 0.1) is 5.92 Å². The summed E-state index contributed by atoms with van der Waals surface area (Å²) in [5.74, 6) is -0.207. The Balaban J connectivity index is 1.40. The van der Waals surface area contributed by atoms with Crippen LogP contribution in [-0.4, -0.2) is 60.8 Å². The van der Waals surface area contributed by atoms with Gasteiger partial charge in [0.05, 0.1) is 16.6 Å². The number of carboxylic acid groups (broad SMARTS) is 1. The molecular formula is C24H29N5O6S. The van der Waals surface area contributed by atoms with Gasteiger partial charge in [-0.3, -0.25) is 9.59 Å². The van der Waals surface area contributed by atoms with E-state index in [4.69, 9.17) is 4.84 Å². The van der Waals surface area contributed by atoms with Crippen LogP contribution in [0.1, 0.15) is 32.1 Å². The molecule has 2 aliphatic rings. The van der Waals surface area contributed by atoms with Crippen LogP contribution in [0.4, 0.5) is 5.82 Å². The van der Waals surface area contributed by atoms with Crippen molar-refractivity contribution in [3.8, 4) is 0 Å². The van der Waals surface area contributed by atoms with Gasteiger partial charge in [0.25, 0.3) is 0 Å². The lowest BCUT2D eigenvalue weighted by atomic mass is 9.75. The van der Waals surface area contributed by atoms with Crippen LogP contribution in [0.2, 0.25) is 0 Å². The highest BCUT2D eigenvalue weighted by Gasteiger charge is 2.47. The fourth-order valence-corrected chi connectivity index (χ4v) is 5.89. The number of aliphatic carboxylic acids is 1. The van der Waals surface area contributed by atoms with Crippen molar-refractivity contribution in [3.05, 3.63) is 54.7 Å². The zero-order chi connectivity index (χ0) is 25.6. The summed E-state index contributed by atoms with van der Waals surface area (Å²) in [6.45, 7) is 0.776. The van der Waals surface area contributed by atoms with Gasteiger partial charge in [0.2, 0.25) is 16.4 Å². The molecule has 1 amide bonds. The quantitative estimate of drug-likeness (QED) is 0.329. The lowest BCUT2D eigenvalue weighted by Crippen LogP contribution is -2.57. The fraction of sp³-hybridized carbons (Fsp3) is 0.417. The Labute approximate surface area is 209 Å². The summed E-state index contributed by atoms with van der Waals surface area (Å²) in [7, 11) is -4.16. The highest BCUT2D eigenvalue weighted by molar-refractivity contribution is 7.89. The van der Waals surface area contributed by atoms with Crippen LogP contribution >= 0.6 is 0 Å². The van der Waals surface area contributed by atoms with E-state index in [-0.39, 0.29) is 10.6 Å². The van der Waals surface area contributed by atoms with Gasteiger partial charge in [-0.2, -0.15) is 4.72 Å². The van der Waals surface area contributed by atoms with E-state index >= 15 is 0 Å². The predicted molar refractivity (Wildman–Crippen MR) is 132 cm³/mol. The standard InChI is InChI=1S/C24H29N5O6S/c30-16-27-21(22(23(31)32)29-36(33,34)18-6-2-1-3-7-18)19-14-24(35-28-19)11-9-17(10-12-24)15-26-20-8-4-5-13-25-20/h1-8,13,16-17,21-22,29H,9-12,14-15H2,(H,25,26)(H,27,30)(H,31,32)/t17?,21?,22-,24?/m0/s1. The molecular weight excluding hydrogens is 486 g/mol. The van der Waals surface area contributed by atoms with E-state index in [0.717, 1.165) is 25.2 Å². The molecule has 2 atom stereocenters. The van der Waals surface area contributed by atoms with Gasteiger partial charge in [-0.1, -0.05) is 29.4 Å². The Bertz CT molecular complexity index is 1180. The summed E-state index contributed by atoms with van der Waals surface area (Å²) >= 11 is 0. The average molecular weight is 516 g/mol. The molecule has 0 radical (unpaired) electrons. The molecule has 1 aromatic carbocycles. The van der Waals surface area contributed by atoms with Crippen molar-refractivity contribution in [1.29, 1.82) is 0 Å². The van der Waals surface area contributed by atoms with Gasteiger partial charge in [0, 0.05) is 19.2 Å². The fourth-order valence-electron chi connectivity index (χ4n) is 4.66. The predicted octanol–water partition coefficient (Wildman–Crippen LogP) is 1.75. The number of anilines is 1. The number of oxime groups is 1. The van der Waals surface area contributed by atoms with Crippen molar-refractivity contribution in [2.45, 2.75) is 54.7 Å². The number of amides is 1. The van der Waals surface area contributed by atoms with Gasteiger partial charge in [-0.15, -0.1) is 0 Å². The molecule has 36 heavy (non-hydrogen) atoms. The van der Waals surface area contributed by atoms with Gasteiger partial charge in [-0.25, -0.2) is 13.4 Å². The maximum absolute atomic E-state index is 12.8. The molecule has 4 rings (SSSR count). The van der Waals surface area contributed by atoms with Crippen LogP contribution in [0.5, 0.6) is 0 Å². The van der Waals surface area contributed by atoms with Crippen molar-refractivity contribution in [2.75, 3.05) is 11.9 Å². The van der Waals surface area contributed by atoms with E-state index in [1.807, 2.05) is 18.2 Å². The zero-order valence-electron chi connectivity index (χ0n) is 19.5. The number of nitrogens with zero attached hydrogens (tertiary/aromatic N) is 2. The topological polar surface area (TPSA) is 159 Å². The van der Waals surface area contributed by atoms with Crippen LogP contribution in [0.25, 0.3) is 0 Å². The normalized spacial score (nSPS) is 23.2. The molecule has 0 saturated heterocycles. The second-order valence-corrected chi connectivity index (χ2v) is 10.8. The zero-order valence-corrected chi connectivity index (χ0v) is 20.4. The largest absolute Gasteiger partial charge is 0.480 e. The van der Waals surface area contributed by atoms with Crippen LogP contribution < -0.4 is 15.4 Å². The highest BCUT2D eigenvalue weighted by atomic mass is 32.2. The molecule has 1 fully saturated rings. The third-order valence-corrected chi connectivity index (χ3v) is 8.11. The Morgan fingerprint density at radius 1 is 1.17 bits per heavy atom. The lowest BCUT2D eigenvalue weighted by Gasteiger charge is -2.35. The maximum atomic E-state index is 12.8. The van der Waals surface area contributed by atoms with Crippen LogP contribution in [-0.2, 0) is 24.4 Å². The first-order chi connectivity index (χ1) is 17.3. The van der Waals surface area contributed by atoms with Crippen molar-refractivity contribution in [1.82, 2.24) is 15.0 Å². The van der Waals surface area contributed by atoms with Crippen LogP contribution in [0.15, 0.2) is 64.8 Å². The van der Waals surface area contributed by atoms with E-state index in [0.29, 0.717) is 31.6 Å². The Morgan fingerprint density at radius 2 is 1.89 bits per heavy atom. The number of carboxylic acids is 1. The van der Waals surface area contributed by atoms with Crippen molar-refractivity contribution >= 4 is 33.9 Å². The number of hydrogen-bond donors (Lipinski definition) is 4. The highest BCUT2D eigenvalue weighted by Crippen LogP contribution is 2.41. The SMILES string of the molecule is O=CNC(C1=NOC2(CCC(CNc3ccccn3)CC2)C1)[C@H](NS(=O)(=O)c1ccccc1)C(=O)O. The van der Waals surface area contributed by atoms with Gasteiger partial charge in [-0.05, 0) is 55.9 Å². The number of carbonyl (C=O) groups is 2. The number of hydrogen-bond acceptors (Lipinski definition) is 8. The first-order valence-corrected chi connectivity index (χ1v) is 13.2. The minimum atomic E-state index is -4.16. The van der Waals surface area contributed by atoms with Crippen molar-refractivity contribution < 1.29 is 28.0 Å². The lowest BCUT2D eigenvalue weighted by molar-refractivity contribution is -0.139. The summed E-state index contributed by atoms with van der Waals surface area (Å²) < 4.78 is 27.8. The third kappa shape index (κ3) is 6.00. The number of carbonyl (C=O) groups excluding carboxylic acids is 1. The minimum Gasteiger partial charge on any atom is -0.480 e. The van der Waals surface area contributed by atoms with E-state index in [9.17, 15) is 23.1 Å². The molecule has 2 heterocycles. The van der Waals surface area contributed by atoms with Crippen molar-refractivity contribution in [2.24, 2.45) is 11.1 Å². The molecule has 1 aromatic heterocycles. The Morgan fingerprint density at radius 3 is 2.53 bits per heavy atom. The molecule has 192 valence electrons. The molecule has 1 aliphatic heterocycles. The van der Waals surface area contributed by atoms with Gasteiger partial charge < -0.3 is 20.6 Å². The average Bonchev–Trinajstić information content (AvgIpc) is 3.30. The number of rotatable bonds is 11. The number of benzene rings is 1. The van der Waals surface area contributed by atoms with Crippen LogP contribution in [0.3, 0.4) is 0 Å². The number of pyridine rings is 1. The van der Waals surface area contributed by atoms with Crippen molar-refractivity contribution in [3.63, 3.8) is 0 Å². The second kappa shape index (κ2) is 11.0. The summed E-state index contributed by atoms with van der Waals surface area (Å²) in [4.78, 5) is 33.4. The first-order valence-electron chi connectivity index (χ1n) is 11.7. The van der Waals surface area contributed by atoms with Gasteiger partial charge >= 0.3 is 5.97 Å².